The number of hydrogen-bond donors (Lipinski definition) is 3. The third-order valence-electron chi connectivity index (χ3n) is 7.11. The third-order valence-corrected chi connectivity index (χ3v) is 8.16. The van der Waals surface area contributed by atoms with Gasteiger partial charge in [-0.1, -0.05) is 24.3 Å². The molecule has 2 aliphatic rings. The van der Waals surface area contributed by atoms with E-state index in [4.69, 9.17) is 9.47 Å². The molecule has 0 spiro atoms. The van der Waals surface area contributed by atoms with E-state index in [2.05, 4.69) is 55.3 Å². The molecule has 3 heterocycles. The Morgan fingerprint density at radius 1 is 1.10 bits per heavy atom. The van der Waals surface area contributed by atoms with E-state index in [1.54, 1.807) is 20.3 Å². The zero-order valence-corrected chi connectivity index (χ0v) is 22.7. The van der Waals surface area contributed by atoms with E-state index in [1.807, 2.05) is 13.1 Å². The topological polar surface area (TPSA) is 83.6 Å². The number of methoxy groups -OCH3 is 2. The van der Waals surface area contributed by atoms with Gasteiger partial charge in [-0.25, -0.2) is 9.97 Å². The Bertz CT molecular complexity index is 1370. The van der Waals surface area contributed by atoms with Crippen molar-refractivity contribution in [2.45, 2.75) is 50.5 Å². The number of alkyl halides is 3. The Labute approximate surface area is 228 Å². The van der Waals surface area contributed by atoms with Crippen molar-refractivity contribution in [2.24, 2.45) is 0 Å². The fourth-order valence-corrected chi connectivity index (χ4v) is 6.09. The molecule has 0 amide bonds. The van der Waals surface area contributed by atoms with Gasteiger partial charge >= 0.3 is 6.18 Å². The number of halogens is 3. The molecule has 0 radical (unpaired) electrons. The van der Waals surface area contributed by atoms with Crippen LogP contribution < -0.4 is 21.1 Å². The summed E-state index contributed by atoms with van der Waals surface area (Å²) in [4.78, 5) is 11.6. The number of nitrogens with zero attached hydrogens (tertiary/aromatic N) is 3. The quantitative estimate of drug-likeness (QED) is 0.343. The lowest BCUT2D eigenvalue weighted by atomic mass is 10.1. The molecule has 5 rings (SSSR count). The third kappa shape index (κ3) is 6.22. The molecular formula is C27H31F3N6O2S. The van der Waals surface area contributed by atoms with Crippen LogP contribution in [0.4, 0.5) is 19.0 Å². The predicted molar refractivity (Wildman–Crippen MR) is 146 cm³/mol. The molecule has 2 atom stereocenters. The second-order valence-corrected chi connectivity index (χ2v) is 10.8. The van der Waals surface area contributed by atoms with E-state index in [-0.39, 0.29) is 10.9 Å². The summed E-state index contributed by atoms with van der Waals surface area (Å²) in [6.07, 6.45) is 1.05. The van der Waals surface area contributed by atoms with Crippen molar-refractivity contribution in [1.29, 1.82) is 0 Å². The standard InChI is InChI=1S/C27H31F3N6O2S/c1-36(24-21-11-20(13-27(28,29)30)39-26(21)33-15-32-24)19-9-8-18(10-19)31-14-16-4-6-17(7-5-16)22-12-23(37-2)25(38-3)35-34-22/h4-7,11-12,15,18-19,31,34-35H,8-10,13-14H2,1-3H3/t18-,19+/m0/s1. The van der Waals surface area contributed by atoms with Gasteiger partial charge < -0.3 is 19.7 Å². The second-order valence-electron chi connectivity index (χ2n) is 9.68. The molecule has 1 aliphatic carbocycles. The number of aromatic nitrogens is 2. The smallest absolute Gasteiger partial charge is 0.393 e. The van der Waals surface area contributed by atoms with Crippen LogP contribution in [0.2, 0.25) is 0 Å². The number of rotatable bonds is 9. The van der Waals surface area contributed by atoms with Gasteiger partial charge in [0.2, 0.25) is 5.88 Å². The van der Waals surface area contributed by atoms with Crippen molar-refractivity contribution in [3.8, 4) is 0 Å². The predicted octanol–water partition coefficient (Wildman–Crippen LogP) is 4.85. The number of hydrazine groups is 1. The second kappa shape index (κ2) is 11.3. The Balaban J connectivity index is 1.18. The van der Waals surface area contributed by atoms with E-state index in [1.165, 1.54) is 11.9 Å². The van der Waals surface area contributed by atoms with Crippen molar-refractivity contribution >= 4 is 33.1 Å². The maximum Gasteiger partial charge on any atom is 0.393 e. The molecule has 0 saturated heterocycles. The maximum atomic E-state index is 12.9. The van der Waals surface area contributed by atoms with Crippen LogP contribution >= 0.6 is 11.3 Å². The molecule has 3 N–H and O–H groups in total. The fourth-order valence-electron chi connectivity index (χ4n) is 5.07. The highest BCUT2D eigenvalue weighted by Gasteiger charge is 2.31. The van der Waals surface area contributed by atoms with Gasteiger partial charge in [-0.2, -0.15) is 13.2 Å². The van der Waals surface area contributed by atoms with Crippen molar-refractivity contribution in [1.82, 2.24) is 26.1 Å². The van der Waals surface area contributed by atoms with Crippen molar-refractivity contribution in [2.75, 3.05) is 26.2 Å². The molecule has 3 aromatic rings. The van der Waals surface area contributed by atoms with Crippen LogP contribution in [0.5, 0.6) is 0 Å². The first-order chi connectivity index (χ1) is 18.7. The molecule has 208 valence electrons. The molecule has 39 heavy (non-hydrogen) atoms. The molecule has 0 unspecified atom stereocenters. The number of nitrogens with one attached hydrogen (secondary N) is 3. The normalized spacial score (nSPS) is 19.5. The average molecular weight is 561 g/mol. The summed E-state index contributed by atoms with van der Waals surface area (Å²) < 4.78 is 49.3. The molecule has 1 aromatic carbocycles. The molecule has 1 aliphatic heterocycles. The summed E-state index contributed by atoms with van der Waals surface area (Å²) in [6.45, 7) is 0.742. The van der Waals surface area contributed by atoms with E-state index in [0.717, 1.165) is 48.4 Å². The first kappa shape index (κ1) is 27.1. The molecule has 8 nitrogen and oxygen atoms in total. The van der Waals surface area contributed by atoms with Crippen molar-refractivity contribution in [3.63, 3.8) is 0 Å². The number of allylic oxidation sites excluding steroid dienone is 1. The first-order valence-electron chi connectivity index (χ1n) is 12.7. The largest absolute Gasteiger partial charge is 0.491 e. The Morgan fingerprint density at radius 3 is 2.62 bits per heavy atom. The molecule has 12 heteroatoms. The zero-order valence-electron chi connectivity index (χ0n) is 21.9. The Kier molecular flexibility index (Phi) is 7.85. The van der Waals surface area contributed by atoms with Crippen molar-refractivity contribution < 1.29 is 22.6 Å². The fraction of sp³-hybridized carbons (Fsp3) is 0.407. The summed E-state index contributed by atoms with van der Waals surface area (Å²) in [5, 5.41) is 4.35. The van der Waals surface area contributed by atoms with Crippen molar-refractivity contribution in [3.05, 3.63) is 70.4 Å². The monoisotopic (exact) mass is 560 g/mol. The van der Waals surface area contributed by atoms with Crippen LogP contribution in [0.25, 0.3) is 15.9 Å². The number of hydrogen-bond acceptors (Lipinski definition) is 9. The van der Waals surface area contributed by atoms with Gasteiger partial charge in [0.05, 0.1) is 31.7 Å². The average Bonchev–Trinajstić information content (AvgIpc) is 3.57. The highest BCUT2D eigenvalue weighted by atomic mass is 32.1. The van der Waals surface area contributed by atoms with Crippen LogP contribution in [0.3, 0.4) is 0 Å². The van der Waals surface area contributed by atoms with Crippen LogP contribution in [0.15, 0.2) is 54.4 Å². The lowest BCUT2D eigenvalue weighted by molar-refractivity contribution is -0.126. The molecular weight excluding hydrogens is 529 g/mol. The van der Waals surface area contributed by atoms with Gasteiger partial charge in [-0.15, -0.1) is 11.3 Å². The van der Waals surface area contributed by atoms with Crippen LogP contribution in [0, 0.1) is 0 Å². The number of benzene rings is 1. The van der Waals surface area contributed by atoms with E-state index in [0.29, 0.717) is 33.7 Å². The van der Waals surface area contributed by atoms with Gasteiger partial charge in [0.1, 0.15) is 17.0 Å². The molecule has 2 aromatic heterocycles. The molecule has 0 bridgehead atoms. The van der Waals surface area contributed by atoms with Crippen LogP contribution in [-0.4, -0.2) is 49.5 Å². The molecule has 1 fully saturated rings. The summed E-state index contributed by atoms with van der Waals surface area (Å²) in [5.41, 5.74) is 9.17. The number of anilines is 1. The van der Waals surface area contributed by atoms with Gasteiger partial charge in [-0.05, 0) is 36.5 Å². The van der Waals surface area contributed by atoms with E-state index in [9.17, 15) is 13.2 Å². The van der Waals surface area contributed by atoms with E-state index >= 15 is 0 Å². The van der Waals surface area contributed by atoms with Gasteiger partial charge in [0, 0.05) is 36.6 Å². The lowest BCUT2D eigenvalue weighted by Gasteiger charge is -2.26. The minimum Gasteiger partial charge on any atom is -0.491 e. The maximum absolute atomic E-state index is 12.9. The Hall–Kier alpha value is -3.51. The van der Waals surface area contributed by atoms with Gasteiger partial charge in [-0.3, -0.25) is 10.9 Å². The summed E-state index contributed by atoms with van der Waals surface area (Å²) in [7, 11) is 5.14. The first-order valence-corrected chi connectivity index (χ1v) is 13.5. The number of ether oxygens (including phenoxy) is 2. The molecule has 1 saturated carbocycles. The summed E-state index contributed by atoms with van der Waals surface area (Å²) in [5.74, 6) is 1.82. The minimum atomic E-state index is -4.24. The SMILES string of the molecule is COC1=C(OC)NNC(c2ccc(CN[C@H]3CC[C@@H](N(C)c4ncnc5sc(CC(F)(F)F)cc45)C3)cc2)=C1. The Morgan fingerprint density at radius 2 is 1.90 bits per heavy atom. The highest BCUT2D eigenvalue weighted by Crippen LogP contribution is 2.36. The number of thiophene rings is 1. The summed E-state index contributed by atoms with van der Waals surface area (Å²) >= 11 is 1.08. The zero-order chi connectivity index (χ0) is 27.6. The van der Waals surface area contributed by atoms with Crippen LogP contribution in [0.1, 0.15) is 35.3 Å². The lowest BCUT2D eigenvalue weighted by Crippen LogP contribution is -2.34. The number of fused-ring (bicyclic) bond motifs is 1. The highest BCUT2D eigenvalue weighted by molar-refractivity contribution is 7.18. The van der Waals surface area contributed by atoms with E-state index < -0.39 is 12.6 Å². The van der Waals surface area contributed by atoms with Crippen LogP contribution in [-0.2, 0) is 22.4 Å². The van der Waals surface area contributed by atoms with Gasteiger partial charge in [0.25, 0.3) is 0 Å². The minimum absolute atomic E-state index is 0.241. The van der Waals surface area contributed by atoms with Gasteiger partial charge in [0.15, 0.2) is 5.76 Å². The summed E-state index contributed by atoms with van der Waals surface area (Å²) in [6, 6.07) is 10.5.